The molecular weight excluding hydrogens is 363 g/mol. The fraction of sp³-hybridized carbons (Fsp3) is 0.176. The Kier molecular flexibility index (Phi) is 5.10. The molecule has 0 aliphatic carbocycles. The fourth-order valence-electron chi connectivity index (χ4n) is 2.34. The predicted octanol–water partition coefficient (Wildman–Crippen LogP) is 3.63. The summed E-state index contributed by atoms with van der Waals surface area (Å²) in [4.78, 5) is 16.2. The Morgan fingerprint density at radius 3 is 2.68 bits per heavy atom. The summed E-state index contributed by atoms with van der Waals surface area (Å²) < 4.78 is 38.2. The van der Waals surface area contributed by atoms with Gasteiger partial charge in [0.05, 0.1) is 26.4 Å². The van der Waals surface area contributed by atoms with Crippen molar-refractivity contribution in [3.63, 3.8) is 0 Å². The number of thiazole rings is 1. The summed E-state index contributed by atoms with van der Waals surface area (Å²) in [6.07, 6.45) is 0.264. The Balaban J connectivity index is 1.54. The van der Waals surface area contributed by atoms with Crippen LogP contribution in [0.4, 0.5) is 10.1 Å². The first-order chi connectivity index (χ1) is 11.9. The number of amides is 1. The van der Waals surface area contributed by atoms with Gasteiger partial charge in [-0.15, -0.1) is 11.3 Å². The van der Waals surface area contributed by atoms with E-state index in [1.165, 1.54) is 23.5 Å². The number of carbonyl (C=O) groups is 1. The summed E-state index contributed by atoms with van der Waals surface area (Å²) >= 11 is 1.52. The molecule has 130 valence electrons. The van der Waals surface area contributed by atoms with Crippen LogP contribution in [0.1, 0.15) is 12.8 Å². The van der Waals surface area contributed by atoms with Crippen LogP contribution in [0.3, 0.4) is 0 Å². The number of fused-ring (bicyclic) bond motifs is 1. The monoisotopic (exact) mass is 378 g/mol. The number of aromatic nitrogens is 1. The van der Waals surface area contributed by atoms with Crippen molar-refractivity contribution in [3.8, 4) is 0 Å². The number of anilines is 1. The van der Waals surface area contributed by atoms with Gasteiger partial charge in [0.25, 0.3) is 0 Å². The van der Waals surface area contributed by atoms with Crippen molar-refractivity contribution in [3.05, 3.63) is 53.8 Å². The third kappa shape index (κ3) is 4.40. The number of hydrogen-bond acceptors (Lipinski definition) is 5. The Hall–Kier alpha value is -2.32. The summed E-state index contributed by atoms with van der Waals surface area (Å²) in [6.45, 7) is 0. The minimum Gasteiger partial charge on any atom is -0.326 e. The second kappa shape index (κ2) is 7.28. The Morgan fingerprint density at radius 2 is 1.92 bits per heavy atom. The van der Waals surface area contributed by atoms with Crippen LogP contribution in [0.2, 0.25) is 0 Å². The summed E-state index contributed by atoms with van der Waals surface area (Å²) in [5.74, 6) is -0.920. The molecule has 0 bridgehead atoms. The Morgan fingerprint density at radius 1 is 1.16 bits per heavy atom. The molecule has 1 amide bonds. The van der Waals surface area contributed by atoms with Crippen molar-refractivity contribution >= 4 is 43.0 Å². The quantitative estimate of drug-likeness (QED) is 0.665. The molecule has 0 atom stereocenters. The van der Waals surface area contributed by atoms with Crippen LogP contribution in [0, 0.1) is 5.82 Å². The lowest BCUT2D eigenvalue weighted by atomic mass is 10.2. The average Bonchev–Trinajstić information content (AvgIpc) is 3.02. The molecular formula is C17H15FN2O3S2. The van der Waals surface area contributed by atoms with Gasteiger partial charge in [-0.05, 0) is 48.9 Å². The maximum Gasteiger partial charge on any atom is 0.224 e. The van der Waals surface area contributed by atoms with Crippen LogP contribution in [0.25, 0.3) is 10.2 Å². The van der Waals surface area contributed by atoms with Crippen molar-refractivity contribution < 1.29 is 17.6 Å². The Labute approximate surface area is 148 Å². The smallest absolute Gasteiger partial charge is 0.224 e. The summed E-state index contributed by atoms with van der Waals surface area (Å²) in [5, 5.41) is 2.74. The largest absolute Gasteiger partial charge is 0.326 e. The van der Waals surface area contributed by atoms with E-state index in [1.54, 1.807) is 17.6 Å². The molecule has 5 nitrogen and oxygen atoms in total. The molecule has 25 heavy (non-hydrogen) atoms. The van der Waals surface area contributed by atoms with Gasteiger partial charge < -0.3 is 5.32 Å². The van der Waals surface area contributed by atoms with Crippen LogP contribution in [-0.4, -0.2) is 25.1 Å². The number of sulfone groups is 1. The van der Waals surface area contributed by atoms with Crippen molar-refractivity contribution in [2.24, 2.45) is 0 Å². The predicted molar refractivity (Wildman–Crippen MR) is 95.9 cm³/mol. The van der Waals surface area contributed by atoms with Crippen molar-refractivity contribution in [2.45, 2.75) is 17.7 Å². The molecule has 0 aliphatic rings. The maximum atomic E-state index is 12.9. The topological polar surface area (TPSA) is 76.1 Å². The standard InChI is InChI=1S/C17H15FN2O3S2/c18-12-3-6-14(7-4-12)25(22,23)9-1-2-17(21)20-13-5-8-16-15(10-13)19-11-24-16/h3-8,10-11H,1-2,9H2,(H,20,21). The first-order valence-corrected chi connectivity index (χ1v) is 10.1. The molecule has 1 heterocycles. The number of nitrogens with one attached hydrogen (secondary N) is 1. The van der Waals surface area contributed by atoms with Crippen molar-refractivity contribution in [1.82, 2.24) is 4.98 Å². The van der Waals surface area contributed by atoms with Gasteiger partial charge in [0.2, 0.25) is 5.91 Å². The van der Waals surface area contributed by atoms with Gasteiger partial charge in [-0.2, -0.15) is 0 Å². The highest BCUT2D eigenvalue weighted by Crippen LogP contribution is 2.21. The second-order valence-corrected chi connectivity index (χ2v) is 8.45. The van der Waals surface area contributed by atoms with Gasteiger partial charge >= 0.3 is 0 Å². The Bertz CT molecular complexity index is 998. The molecule has 0 unspecified atom stereocenters. The number of carbonyl (C=O) groups excluding carboxylic acids is 1. The number of rotatable bonds is 6. The van der Waals surface area contributed by atoms with E-state index in [4.69, 9.17) is 0 Å². The first-order valence-electron chi connectivity index (χ1n) is 7.55. The molecule has 0 saturated carbocycles. The minimum absolute atomic E-state index is 0.0586. The van der Waals surface area contributed by atoms with Crippen LogP contribution in [0.5, 0.6) is 0 Å². The van der Waals surface area contributed by atoms with E-state index in [0.717, 1.165) is 22.3 Å². The first kappa shape index (κ1) is 17.5. The van der Waals surface area contributed by atoms with Gasteiger partial charge in [-0.3, -0.25) is 4.79 Å². The van der Waals surface area contributed by atoms with Crippen LogP contribution >= 0.6 is 11.3 Å². The van der Waals surface area contributed by atoms with Gasteiger partial charge in [-0.25, -0.2) is 17.8 Å². The van der Waals surface area contributed by atoms with Crippen LogP contribution < -0.4 is 5.32 Å². The third-order valence-corrected chi connectivity index (χ3v) is 6.23. The van der Waals surface area contributed by atoms with E-state index >= 15 is 0 Å². The highest BCUT2D eigenvalue weighted by Gasteiger charge is 2.15. The molecule has 1 N–H and O–H groups in total. The zero-order valence-corrected chi connectivity index (χ0v) is 14.7. The lowest BCUT2D eigenvalue weighted by Gasteiger charge is -2.06. The second-order valence-electron chi connectivity index (χ2n) is 5.46. The lowest BCUT2D eigenvalue weighted by Crippen LogP contribution is -2.14. The zero-order chi connectivity index (χ0) is 17.9. The SMILES string of the molecule is O=C(CCCS(=O)(=O)c1ccc(F)cc1)Nc1ccc2scnc2c1. The van der Waals surface area contributed by atoms with Crippen LogP contribution in [-0.2, 0) is 14.6 Å². The maximum absolute atomic E-state index is 12.9. The molecule has 0 fully saturated rings. The molecule has 3 rings (SSSR count). The third-order valence-electron chi connectivity index (χ3n) is 3.60. The highest BCUT2D eigenvalue weighted by atomic mass is 32.2. The number of benzene rings is 2. The summed E-state index contributed by atoms with van der Waals surface area (Å²) in [6, 6.07) is 10.1. The average molecular weight is 378 g/mol. The van der Waals surface area contributed by atoms with E-state index in [1.807, 2.05) is 6.07 Å². The molecule has 0 aliphatic heterocycles. The molecule has 0 radical (unpaired) electrons. The molecule has 8 heteroatoms. The van der Waals surface area contributed by atoms with Gasteiger partial charge in [0, 0.05) is 12.1 Å². The van der Waals surface area contributed by atoms with Gasteiger partial charge in [0.1, 0.15) is 5.82 Å². The fourth-order valence-corrected chi connectivity index (χ4v) is 4.31. The molecule has 3 aromatic rings. The molecule has 1 aromatic heterocycles. The number of hydrogen-bond donors (Lipinski definition) is 1. The van der Waals surface area contributed by atoms with E-state index in [2.05, 4.69) is 10.3 Å². The van der Waals surface area contributed by atoms with E-state index in [9.17, 15) is 17.6 Å². The van der Waals surface area contributed by atoms with Crippen molar-refractivity contribution in [2.75, 3.05) is 11.1 Å². The summed E-state index contributed by atoms with van der Waals surface area (Å²) in [7, 11) is -3.52. The highest BCUT2D eigenvalue weighted by molar-refractivity contribution is 7.91. The molecule has 0 saturated heterocycles. The van der Waals surface area contributed by atoms with Crippen LogP contribution in [0.15, 0.2) is 52.9 Å². The normalized spacial score (nSPS) is 11.6. The minimum atomic E-state index is -3.52. The lowest BCUT2D eigenvalue weighted by molar-refractivity contribution is -0.116. The number of halogens is 1. The van der Waals surface area contributed by atoms with E-state index in [-0.39, 0.29) is 29.4 Å². The van der Waals surface area contributed by atoms with Gasteiger partial charge in [0.15, 0.2) is 9.84 Å². The zero-order valence-electron chi connectivity index (χ0n) is 13.1. The molecule has 2 aromatic carbocycles. The van der Waals surface area contributed by atoms with E-state index < -0.39 is 15.7 Å². The molecule has 0 spiro atoms. The van der Waals surface area contributed by atoms with Crippen molar-refractivity contribution in [1.29, 1.82) is 0 Å². The van der Waals surface area contributed by atoms with Gasteiger partial charge in [-0.1, -0.05) is 0 Å². The summed E-state index contributed by atoms with van der Waals surface area (Å²) in [5.41, 5.74) is 3.17. The van der Waals surface area contributed by atoms with E-state index in [0.29, 0.717) is 5.69 Å². The number of nitrogens with zero attached hydrogens (tertiary/aromatic N) is 1.